The van der Waals surface area contributed by atoms with Crippen LogP contribution in [0.25, 0.3) is 33.9 Å². The predicted octanol–water partition coefficient (Wildman–Crippen LogP) is 3.16. The molecule has 0 fully saturated rings. The molecule has 0 aliphatic rings. The molecule has 0 unspecified atom stereocenters. The molecule has 5 heteroatoms. The van der Waals surface area contributed by atoms with Crippen LogP contribution in [0.1, 0.15) is 0 Å². The van der Waals surface area contributed by atoms with Crippen molar-refractivity contribution in [1.29, 1.82) is 0 Å². The smallest absolute Gasteiger partial charge is 0.423 e. The maximum atomic E-state index is 9.48. The van der Waals surface area contributed by atoms with Gasteiger partial charge in [0, 0.05) is 11.1 Å². The van der Waals surface area contributed by atoms with Crippen LogP contribution in [0, 0.1) is 0 Å². The maximum absolute atomic E-state index is 9.48. The Morgan fingerprint density at radius 1 is 0.556 bits per heavy atom. The summed E-state index contributed by atoms with van der Waals surface area (Å²) >= 11 is 0. The first-order chi connectivity index (χ1) is 13.2. The van der Waals surface area contributed by atoms with Crippen LogP contribution in [0.4, 0.5) is 0 Å². The van der Waals surface area contributed by atoms with Gasteiger partial charge in [-0.1, -0.05) is 84.9 Å². The number of hydrogen-bond acceptors (Lipinski definition) is 4. The molecule has 27 heavy (non-hydrogen) atoms. The van der Waals surface area contributed by atoms with Crippen LogP contribution in [0.15, 0.2) is 91.0 Å². The fourth-order valence-corrected chi connectivity index (χ4v) is 2.93. The molecule has 0 atom stereocenters. The zero-order valence-electron chi connectivity index (χ0n) is 14.5. The molecule has 0 aliphatic heterocycles. The number of nitrogens with zero attached hydrogens (tertiary/aromatic N) is 2. The lowest BCUT2D eigenvalue weighted by Gasteiger charge is -2.10. The Hall–Kier alpha value is -3.28. The largest absolute Gasteiger partial charge is 0.488 e. The molecule has 0 bridgehead atoms. The molecule has 0 aliphatic carbocycles. The van der Waals surface area contributed by atoms with Crippen LogP contribution >= 0.6 is 0 Å². The SMILES string of the molecule is OB(O)c1cccc(-c2cc(-c3ccccc3)nc(-c3ccccc3)n2)c1. The summed E-state index contributed by atoms with van der Waals surface area (Å²) in [6.45, 7) is 0. The lowest BCUT2D eigenvalue weighted by Crippen LogP contribution is -2.29. The van der Waals surface area contributed by atoms with Gasteiger partial charge >= 0.3 is 7.12 Å². The van der Waals surface area contributed by atoms with Gasteiger partial charge in [0.15, 0.2) is 5.82 Å². The normalized spacial score (nSPS) is 10.6. The van der Waals surface area contributed by atoms with E-state index >= 15 is 0 Å². The maximum Gasteiger partial charge on any atom is 0.488 e. The summed E-state index contributed by atoms with van der Waals surface area (Å²) in [4.78, 5) is 9.47. The van der Waals surface area contributed by atoms with Crippen LogP contribution in [0.3, 0.4) is 0 Å². The summed E-state index contributed by atoms with van der Waals surface area (Å²) in [5, 5.41) is 19.0. The van der Waals surface area contributed by atoms with Crippen LogP contribution in [0.2, 0.25) is 0 Å². The van der Waals surface area contributed by atoms with E-state index in [-0.39, 0.29) is 0 Å². The highest BCUT2D eigenvalue weighted by atomic mass is 16.4. The van der Waals surface area contributed by atoms with E-state index in [4.69, 9.17) is 9.97 Å². The lowest BCUT2D eigenvalue weighted by molar-refractivity contribution is 0.426. The van der Waals surface area contributed by atoms with Gasteiger partial charge in [-0.2, -0.15) is 0 Å². The third kappa shape index (κ3) is 3.79. The molecule has 4 aromatic rings. The van der Waals surface area contributed by atoms with E-state index < -0.39 is 7.12 Å². The summed E-state index contributed by atoms with van der Waals surface area (Å²) in [5.74, 6) is 0.627. The third-order valence-corrected chi connectivity index (χ3v) is 4.31. The summed E-state index contributed by atoms with van der Waals surface area (Å²) in [7, 11) is -1.52. The van der Waals surface area contributed by atoms with Crippen molar-refractivity contribution in [1.82, 2.24) is 9.97 Å². The van der Waals surface area contributed by atoms with Gasteiger partial charge in [0.2, 0.25) is 0 Å². The van der Waals surface area contributed by atoms with Gasteiger partial charge in [-0.25, -0.2) is 9.97 Å². The molecule has 3 aromatic carbocycles. The molecule has 130 valence electrons. The van der Waals surface area contributed by atoms with E-state index in [0.29, 0.717) is 11.3 Å². The highest BCUT2D eigenvalue weighted by Gasteiger charge is 2.14. The standard InChI is InChI=1S/C22H17BN2O2/c26-23(27)19-13-7-12-18(14-19)21-15-20(16-8-3-1-4-9-16)24-22(25-21)17-10-5-2-6-11-17/h1-15,26-27H. The molecule has 4 rings (SSSR count). The third-order valence-electron chi connectivity index (χ3n) is 4.31. The van der Waals surface area contributed by atoms with E-state index in [2.05, 4.69) is 0 Å². The fourth-order valence-electron chi connectivity index (χ4n) is 2.93. The van der Waals surface area contributed by atoms with E-state index in [9.17, 15) is 10.0 Å². The second kappa shape index (κ2) is 7.54. The van der Waals surface area contributed by atoms with Crippen molar-refractivity contribution < 1.29 is 10.0 Å². The average Bonchev–Trinajstić information content (AvgIpc) is 2.75. The topological polar surface area (TPSA) is 66.2 Å². The molecule has 0 saturated carbocycles. The molecule has 1 heterocycles. The summed E-state index contributed by atoms with van der Waals surface area (Å²) in [6, 6.07) is 28.8. The molecule has 0 spiro atoms. The van der Waals surface area contributed by atoms with Crippen molar-refractivity contribution in [2.45, 2.75) is 0 Å². The Bertz CT molecular complexity index is 996. The van der Waals surface area contributed by atoms with Crippen molar-refractivity contribution in [3.63, 3.8) is 0 Å². The Labute approximate surface area is 158 Å². The van der Waals surface area contributed by atoms with Crippen molar-refractivity contribution in [3.8, 4) is 33.9 Å². The van der Waals surface area contributed by atoms with Crippen LogP contribution in [-0.2, 0) is 0 Å². The van der Waals surface area contributed by atoms with Gasteiger partial charge in [0.25, 0.3) is 0 Å². The van der Waals surface area contributed by atoms with Crippen molar-refractivity contribution >= 4 is 12.6 Å². The Morgan fingerprint density at radius 3 is 1.74 bits per heavy atom. The lowest BCUT2D eigenvalue weighted by atomic mass is 9.79. The van der Waals surface area contributed by atoms with Gasteiger partial charge in [0.05, 0.1) is 11.4 Å². The van der Waals surface area contributed by atoms with Gasteiger partial charge in [-0.3, -0.25) is 0 Å². The number of benzene rings is 3. The first-order valence-electron chi connectivity index (χ1n) is 8.67. The minimum Gasteiger partial charge on any atom is -0.423 e. The van der Waals surface area contributed by atoms with Gasteiger partial charge in [-0.05, 0) is 17.1 Å². The zero-order valence-corrected chi connectivity index (χ0v) is 14.5. The molecule has 1 aromatic heterocycles. The molecular formula is C22H17BN2O2. The predicted molar refractivity (Wildman–Crippen MR) is 108 cm³/mol. The van der Waals surface area contributed by atoms with Crippen molar-refractivity contribution in [2.24, 2.45) is 0 Å². The first kappa shape index (κ1) is 17.2. The van der Waals surface area contributed by atoms with Gasteiger partial charge in [0.1, 0.15) is 0 Å². The average molecular weight is 352 g/mol. The van der Waals surface area contributed by atoms with Crippen LogP contribution in [-0.4, -0.2) is 27.1 Å². The summed E-state index contributed by atoms with van der Waals surface area (Å²) in [5.41, 5.74) is 4.69. The molecule has 0 saturated heterocycles. The number of aromatic nitrogens is 2. The molecule has 0 radical (unpaired) electrons. The fraction of sp³-hybridized carbons (Fsp3) is 0. The summed E-state index contributed by atoms with van der Waals surface area (Å²) < 4.78 is 0. The molecule has 2 N–H and O–H groups in total. The number of hydrogen-bond donors (Lipinski definition) is 2. The van der Waals surface area contributed by atoms with Gasteiger partial charge < -0.3 is 10.0 Å². The second-order valence-corrected chi connectivity index (χ2v) is 6.19. The van der Waals surface area contributed by atoms with Crippen molar-refractivity contribution in [3.05, 3.63) is 91.0 Å². The number of rotatable bonds is 4. The Kier molecular flexibility index (Phi) is 4.79. The monoisotopic (exact) mass is 352 g/mol. The van der Waals surface area contributed by atoms with Gasteiger partial charge in [-0.15, -0.1) is 0 Å². The molecule has 4 nitrogen and oxygen atoms in total. The summed E-state index contributed by atoms with van der Waals surface area (Å²) in [6.07, 6.45) is 0. The quantitative estimate of drug-likeness (QED) is 0.554. The zero-order chi connectivity index (χ0) is 18.6. The van der Waals surface area contributed by atoms with E-state index in [0.717, 1.165) is 28.1 Å². The first-order valence-corrected chi connectivity index (χ1v) is 8.67. The van der Waals surface area contributed by atoms with Crippen molar-refractivity contribution in [2.75, 3.05) is 0 Å². The van der Waals surface area contributed by atoms with E-state index in [1.54, 1.807) is 18.2 Å². The molecular weight excluding hydrogens is 335 g/mol. The highest BCUT2D eigenvalue weighted by molar-refractivity contribution is 6.58. The molecule has 0 amide bonds. The van der Waals surface area contributed by atoms with E-state index in [1.165, 1.54) is 0 Å². The highest BCUT2D eigenvalue weighted by Crippen LogP contribution is 2.26. The van der Waals surface area contributed by atoms with Crippen LogP contribution < -0.4 is 5.46 Å². The minimum absolute atomic E-state index is 0.425. The minimum atomic E-state index is -1.52. The van der Waals surface area contributed by atoms with E-state index in [1.807, 2.05) is 72.8 Å². The Balaban J connectivity index is 1.90. The van der Waals surface area contributed by atoms with Crippen LogP contribution in [0.5, 0.6) is 0 Å². The Morgan fingerprint density at radius 2 is 1.11 bits per heavy atom. The second-order valence-electron chi connectivity index (χ2n) is 6.19.